The molecule has 0 aromatic heterocycles. The van der Waals surface area contributed by atoms with Crippen LogP contribution in [-0.2, 0) is 52.4 Å². The van der Waals surface area contributed by atoms with Gasteiger partial charge in [0, 0.05) is 23.7 Å². The molecule has 0 aromatic rings. The van der Waals surface area contributed by atoms with Crippen molar-refractivity contribution in [3.8, 4) is 0 Å². The summed E-state index contributed by atoms with van der Waals surface area (Å²) in [4.78, 5) is 48.9. The predicted octanol–water partition coefficient (Wildman–Crippen LogP) is 12.6. The second-order valence-corrected chi connectivity index (χ2v) is 31.2. The number of ether oxygens (including phenoxy) is 4. The Kier molecular flexibility index (Phi) is 16.2. The summed E-state index contributed by atoms with van der Waals surface area (Å²) in [6.45, 7) is 31.9. The maximum absolute atomic E-state index is 12.6. The Labute approximate surface area is 441 Å². The van der Waals surface area contributed by atoms with Crippen molar-refractivity contribution in [3.63, 3.8) is 0 Å². The van der Waals surface area contributed by atoms with E-state index in [0.29, 0.717) is 37.0 Å². The Bertz CT molecular complexity index is 2110. The third-order valence-corrected chi connectivity index (χ3v) is 23.0. The summed E-state index contributed by atoms with van der Waals surface area (Å²) in [6, 6.07) is 0. The van der Waals surface area contributed by atoms with Crippen LogP contribution in [0.5, 0.6) is 0 Å². The van der Waals surface area contributed by atoms with Gasteiger partial charge in [0.25, 0.3) is 10.1 Å². The van der Waals surface area contributed by atoms with Crippen LogP contribution in [-0.4, -0.2) is 77.3 Å². The minimum atomic E-state index is -3.43. The highest BCUT2D eigenvalue weighted by Crippen LogP contribution is 2.65. The average molecular weight is 1050 g/mol. The van der Waals surface area contributed by atoms with Crippen molar-refractivity contribution in [1.29, 1.82) is 0 Å². The molecule has 1 heterocycles. The second-order valence-electron chi connectivity index (χ2n) is 29.4. The van der Waals surface area contributed by atoms with E-state index in [-0.39, 0.29) is 80.1 Å². The largest absolute Gasteiger partial charge is 0.459 e. The molecule has 73 heavy (non-hydrogen) atoms. The summed E-state index contributed by atoms with van der Waals surface area (Å²) in [7, 11) is -3.43. The van der Waals surface area contributed by atoms with Crippen molar-refractivity contribution in [2.24, 2.45) is 74.4 Å². The van der Waals surface area contributed by atoms with Crippen LogP contribution in [0.1, 0.15) is 239 Å². The summed E-state index contributed by atoms with van der Waals surface area (Å²) >= 11 is 0. The van der Waals surface area contributed by atoms with Crippen molar-refractivity contribution in [2.45, 2.75) is 279 Å². The number of fused-ring (bicyclic) bond motifs is 1. The Morgan fingerprint density at radius 2 is 1.00 bits per heavy atom. The van der Waals surface area contributed by atoms with E-state index < -0.39 is 32.7 Å². The van der Waals surface area contributed by atoms with Gasteiger partial charge in [0.1, 0.15) is 29.0 Å². The molecule has 418 valence electrons. The molecule has 12 aliphatic rings. The number of rotatable bonds is 14. The molecule has 0 radical (unpaired) electrons. The molecular formula is C60H100O12S. The fourth-order valence-electron chi connectivity index (χ4n) is 15.1. The van der Waals surface area contributed by atoms with E-state index in [9.17, 15) is 32.7 Å². The molecule has 12 fully saturated rings. The molecule has 11 saturated carbocycles. The van der Waals surface area contributed by atoms with Gasteiger partial charge in [-0.2, -0.15) is 8.42 Å². The van der Waals surface area contributed by atoms with E-state index in [2.05, 4.69) is 20.8 Å². The summed E-state index contributed by atoms with van der Waals surface area (Å²) < 4.78 is 52.1. The first-order valence-corrected chi connectivity index (χ1v) is 30.5. The van der Waals surface area contributed by atoms with E-state index >= 15 is 0 Å². The second kappa shape index (κ2) is 20.2. The van der Waals surface area contributed by atoms with Gasteiger partial charge in [0.05, 0.1) is 32.5 Å². The van der Waals surface area contributed by atoms with E-state index in [1.165, 1.54) is 57.8 Å². The van der Waals surface area contributed by atoms with E-state index in [4.69, 9.17) is 23.1 Å². The van der Waals surface area contributed by atoms with E-state index in [1.54, 1.807) is 0 Å². The normalized spacial score (nSPS) is 37.2. The number of esters is 4. The third-order valence-electron chi connectivity index (χ3n) is 21.3. The highest BCUT2D eigenvalue weighted by atomic mass is 32.2. The molecule has 0 amide bonds. The first-order valence-electron chi connectivity index (χ1n) is 29.0. The highest BCUT2D eigenvalue weighted by molar-refractivity contribution is 7.87. The summed E-state index contributed by atoms with van der Waals surface area (Å²) in [5, 5.41) is 10.3. The zero-order valence-corrected chi connectivity index (χ0v) is 49.2. The Balaban J connectivity index is 0.000000144. The Morgan fingerprint density at radius 1 is 0.562 bits per heavy atom. The van der Waals surface area contributed by atoms with Crippen molar-refractivity contribution >= 4 is 34.0 Å². The first-order chi connectivity index (χ1) is 33.5. The van der Waals surface area contributed by atoms with Crippen LogP contribution >= 0.6 is 0 Å². The summed E-state index contributed by atoms with van der Waals surface area (Å²) in [6.07, 6.45) is 19.9. The van der Waals surface area contributed by atoms with E-state index in [1.807, 2.05) is 90.0 Å². The lowest BCUT2D eigenvalue weighted by molar-refractivity contribution is -0.225. The van der Waals surface area contributed by atoms with Crippen molar-refractivity contribution in [3.05, 3.63) is 0 Å². The van der Waals surface area contributed by atoms with Gasteiger partial charge in [-0.05, 0) is 241 Å². The maximum atomic E-state index is 12.6. The predicted molar refractivity (Wildman–Crippen MR) is 282 cm³/mol. The van der Waals surface area contributed by atoms with Gasteiger partial charge in [-0.25, -0.2) is 0 Å². The molecule has 10 bridgehead atoms. The van der Waals surface area contributed by atoms with Crippen LogP contribution in [0.4, 0.5) is 0 Å². The zero-order valence-electron chi connectivity index (χ0n) is 48.3. The SMILES string of the molecule is CCC(C)(C)C(=O)OC(C)(C)C12CC3CC(CC(C3)C1)C2.CCC(C)(C)C(=O)OC(C)(C)C1CC1.CCC(C)(C)C(=O)OC12CC3CC(CC(O)(C3)C1)C2.CCC(C)(C)C(=O)OC1C2CC3C1OS(=O)(=O)C3C2. The minimum Gasteiger partial charge on any atom is -0.459 e. The smallest absolute Gasteiger partial charge is 0.312 e. The van der Waals surface area contributed by atoms with Gasteiger partial charge in [0.15, 0.2) is 0 Å². The molecule has 11 aliphatic carbocycles. The quantitative estimate of drug-likeness (QED) is 0.0994. The number of hydrogen-bond acceptors (Lipinski definition) is 12. The third kappa shape index (κ3) is 12.1. The van der Waals surface area contributed by atoms with Crippen LogP contribution < -0.4 is 0 Å². The molecule has 13 heteroatoms. The van der Waals surface area contributed by atoms with E-state index in [0.717, 1.165) is 69.1 Å². The van der Waals surface area contributed by atoms with Gasteiger partial charge in [0.2, 0.25) is 0 Å². The summed E-state index contributed by atoms with van der Waals surface area (Å²) in [5.41, 5.74) is -2.88. The number of aliphatic hydroxyl groups is 1. The lowest BCUT2D eigenvalue weighted by atomic mass is 9.46. The molecule has 12 nitrogen and oxygen atoms in total. The molecular weight excluding hydrogens is 945 g/mol. The van der Waals surface area contributed by atoms with Crippen LogP contribution in [0.15, 0.2) is 0 Å². The molecule has 0 aromatic carbocycles. The van der Waals surface area contributed by atoms with Crippen molar-refractivity contribution < 1.29 is 55.8 Å². The summed E-state index contributed by atoms with van der Waals surface area (Å²) in [5.74, 6) is 4.16. The van der Waals surface area contributed by atoms with Gasteiger partial charge < -0.3 is 24.1 Å². The lowest BCUT2D eigenvalue weighted by Crippen LogP contribution is -2.61. The monoisotopic (exact) mass is 1040 g/mol. The Morgan fingerprint density at radius 3 is 1.45 bits per heavy atom. The number of carbonyl (C=O) groups is 4. The van der Waals surface area contributed by atoms with Crippen LogP contribution in [0, 0.1) is 74.4 Å². The molecule has 7 unspecified atom stereocenters. The van der Waals surface area contributed by atoms with Crippen molar-refractivity contribution in [2.75, 3.05) is 0 Å². The van der Waals surface area contributed by atoms with Crippen LogP contribution in [0.2, 0.25) is 0 Å². The number of carbonyl (C=O) groups excluding carboxylic acids is 4. The minimum absolute atomic E-state index is 0.00857. The molecule has 0 spiro atoms. The molecule has 1 N–H and O–H groups in total. The van der Waals surface area contributed by atoms with Gasteiger partial charge in [-0.3, -0.25) is 23.4 Å². The topological polar surface area (TPSA) is 169 Å². The first kappa shape index (κ1) is 58.4. The van der Waals surface area contributed by atoms with Gasteiger partial charge in [-0.15, -0.1) is 0 Å². The van der Waals surface area contributed by atoms with Gasteiger partial charge >= 0.3 is 23.9 Å². The van der Waals surface area contributed by atoms with Gasteiger partial charge in [-0.1, -0.05) is 27.7 Å². The maximum Gasteiger partial charge on any atom is 0.312 e. The zero-order chi connectivity index (χ0) is 54.3. The lowest BCUT2D eigenvalue weighted by Gasteiger charge is -2.61. The number of hydrogen-bond donors (Lipinski definition) is 1. The highest BCUT2D eigenvalue weighted by Gasteiger charge is 2.66. The average Bonchev–Trinajstić information content (AvgIpc) is 3.94. The molecule has 1 saturated heterocycles. The fraction of sp³-hybridized carbons (Fsp3) is 0.933. The van der Waals surface area contributed by atoms with Crippen LogP contribution in [0.3, 0.4) is 0 Å². The Hall–Kier alpha value is -2.25. The molecule has 12 rings (SSSR count). The van der Waals surface area contributed by atoms with Crippen molar-refractivity contribution in [1.82, 2.24) is 0 Å². The molecule has 1 aliphatic heterocycles. The fourth-order valence-corrected chi connectivity index (χ4v) is 16.9. The van der Waals surface area contributed by atoms with Crippen LogP contribution in [0.25, 0.3) is 0 Å². The molecule has 7 atom stereocenters. The standard InChI is InChI=1S/C19H32O2.C16H26O3.C13H20O5S.C12H22O2/c1-6-17(2,3)16(20)21-18(4,5)19-10-13-7-14(11-19)9-15(8-13)12-19;1-4-14(2,3)13(17)19-16-8-11-5-12(9-16)7-15(18,6-11)10-16;1-4-13(2,3)12(14)17-10-7-5-8-9(6-7)19(15,16)18-11(8)10;1-6-11(2,3)10(13)14-12(4,5)9-7-8-9/h13-15H,6-12H2,1-5H3;11-12,18H,4-10H2,1-3H3;7-11H,4-6H2,1-3H3;9H,6-8H2,1-5H3.